The first-order valence-electron chi connectivity index (χ1n) is 9.87. The van der Waals surface area contributed by atoms with Crippen molar-refractivity contribution in [2.24, 2.45) is 0 Å². The number of esters is 1. The van der Waals surface area contributed by atoms with Crippen LogP contribution in [0.1, 0.15) is 89.9 Å². The Labute approximate surface area is 145 Å². The Morgan fingerprint density at radius 1 is 0.833 bits per heavy atom. The lowest BCUT2D eigenvalue weighted by Gasteiger charge is -2.42. The molecule has 1 spiro atoms. The maximum absolute atomic E-state index is 12.1. The van der Waals surface area contributed by atoms with Gasteiger partial charge in [-0.25, -0.2) is 4.79 Å². The van der Waals surface area contributed by atoms with Gasteiger partial charge in [-0.1, -0.05) is 70.6 Å². The van der Waals surface area contributed by atoms with Crippen LogP contribution in [0.3, 0.4) is 0 Å². The van der Waals surface area contributed by atoms with Gasteiger partial charge in [0.25, 0.3) is 5.97 Å². The van der Waals surface area contributed by atoms with E-state index in [1.54, 1.807) is 0 Å². The highest BCUT2D eigenvalue weighted by Crippen LogP contribution is 2.55. The molecule has 3 bridgehead atoms. The second kappa shape index (κ2) is 8.15. The van der Waals surface area contributed by atoms with E-state index in [1.807, 2.05) is 0 Å². The van der Waals surface area contributed by atoms with Crippen LogP contribution in [0.5, 0.6) is 0 Å². The number of rotatable bonds is 1. The molecule has 1 unspecified atom stereocenters. The number of carbonyl (C=O) groups is 1. The Kier molecular flexibility index (Phi) is 6.17. The molecule has 4 fully saturated rings. The molecule has 5 heteroatoms. The molecule has 138 valence electrons. The smallest absolute Gasteiger partial charge is 0.369 e. The zero-order valence-electron chi connectivity index (χ0n) is 15.0. The Balaban J connectivity index is 1.57. The van der Waals surface area contributed by atoms with E-state index in [0.29, 0.717) is 6.42 Å². The first-order valence-corrected chi connectivity index (χ1v) is 9.87. The minimum absolute atomic E-state index is 0.333. The summed E-state index contributed by atoms with van der Waals surface area (Å²) in [6.45, 7) is 0. The van der Waals surface area contributed by atoms with Crippen molar-refractivity contribution in [2.75, 3.05) is 7.11 Å². The summed E-state index contributed by atoms with van der Waals surface area (Å²) in [4.78, 5) is 12.1. The van der Waals surface area contributed by atoms with Crippen molar-refractivity contribution in [2.45, 2.75) is 108 Å². The summed E-state index contributed by atoms with van der Waals surface area (Å²) in [5, 5.41) is 0. The lowest BCUT2D eigenvalue weighted by Crippen LogP contribution is -2.62. The lowest BCUT2D eigenvalue weighted by atomic mass is 10.00. The molecule has 4 heterocycles. The Bertz CT molecular complexity index is 416. The van der Waals surface area contributed by atoms with Crippen molar-refractivity contribution in [3.05, 3.63) is 0 Å². The molecule has 0 aromatic rings. The fraction of sp³-hybridized carbons (Fsp3) is 0.947. The Morgan fingerprint density at radius 3 is 1.88 bits per heavy atom. The van der Waals surface area contributed by atoms with E-state index in [2.05, 4.69) is 0 Å². The molecule has 4 aliphatic rings. The molecule has 24 heavy (non-hydrogen) atoms. The largest absolute Gasteiger partial charge is 0.465 e. The van der Waals surface area contributed by atoms with Gasteiger partial charge < -0.3 is 9.47 Å². The van der Waals surface area contributed by atoms with Gasteiger partial charge in [0.2, 0.25) is 0 Å². The third-order valence-electron chi connectivity index (χ3n) is 5.53. The van der Waals surface area contributed by atoms with Gasteiger partial charge in [0.1, 0.15) is 6.10 Å². The zero-order chi connectivity index (χ0) is 16.9. The van der Waals surface area contributed by atoms with Crippen LogP contribution in [-0.2, 0) is 23.7 Å². The molecule has 0 N–H and O–H groups in total. The lowest BCUT2D eigenvalue weighted by molar-refractivity contribution is -0.496. The van der Waals surface area contributed by atoms with Crippen molar-refractivity contribution in [1.29, 1.82) is 0 Å². The predicted octanol–water partition coefficient (Wildman–Crippen LogP) is 4.43. The van der Waals surface area contributed by atoms with E-state index in [0.717, 1.165) is 25.7 Å². The molecule has 0 aromatic heterocycles. The molecule has 0 aromatic carbocycles. The van der Waals surface area contributed by atoms with Crippen molar-refractivity contribution in [1.82, 2.24) is 0 Å². The summed E-state index contributed by atoms with van der Waals surface area (Å²) in [7, 11) is 1.37. The summed E-state index contributed by atoms with van der Waals surface area (Å²) in [6, 6.07) is 0. The molecular weight excluding hydrogens is 308 g/mol. The Morgan fingerprint density at radius 2 is 1.33 bits per heavy atom. The van der Waals surface area contributed by atoms with Crippen molar-refractivity contribution < 1.29 is 23.7 Å². The SMILES string of the molecule is COC(=O)C12OC3(CCCCCCCCCCCCCCC1O3)O2. The first-order chi connectivity index (χ1) is 11.7. The van der Waals surface area contributed by atoms with E-state index in [4.69, 9.17) is 18.9 Å². The van der Waals surface area contributed by atoms with Crippen LogP contribution in [0.4, 0.5) is 0 Å². The molecule has 4 saturated heterocycles. The van der Waals surface area contributed by atoms with E-state index >= 15 is 0 Å². The normalized spacial score (nSPS) is 38.8. The topological polar surface area (TPSA) is 54.0 Å². The maximum atomic E-state index is 12.1. The molecule has 5 nitrogen and oxygen atoms in total. The van der Waals surface area contributed by atoms with Crippen LogP contribution >= 0.6 is 0 Å². The molecule has 0 saturated carbocycles. The molecule has 0 radical (unpaired) electrons. The molecule has 4 rings (SSSR count). The van der Waals surface area contributed by atoms with Crippen molar-refractivity contribution in [3.8, 4) is 0 Å². The monoisotopic (exact) mass is 340 g/mol. The first kappa shape index (κ1) is 18.2. The van der Waals surface area contributed by atoms with Gasteiger partial charge in [-0.05, 0) is 12.8 Å². The van der Waals surface area contributed by atoms with Crippen LogP contribution < -0.4 is 0 Å². The van der Waals surface area contributed by atoms with Gasteiger partial charge in [0.15, 0.2) is 0 Å². The van der Waals surface area contributed by atoms with Crippen molar-refractivity contribution in [3.63, 3.8) is 0 Å². The number of ether oxygens (including phenoxy) is 4. The fourth-order valence-corrected chi connectivity index (χ4v) is 4.15. The van der Waals surface area contributed by atoms with Crippen LogP contribution in [0.15, 0.2) is 0 Å². The van der Waals surface area contributed by atoms with Crippen molar-refractivity contribution >= 4 is 5.97 Å². The molecule has 0 aliphatic carbocycles. The van der Waals surface area contributed by atoms with Gasteiger partial charge in [0.05, 0.1) is 7.11 Å². The number of methoxy groups -OCH3 is 1. The van der Waals surface area contributed by atoms with E-state index in [9.17, 15) is 4.79 Å². The Hall–Kier alpha value is -0.650. The van der Waals surface area contributed by atoms with Gasteiger partial charge in [-0.15, -0.1) is 0 Å². The molecule has 4 aliphatic heterocycles. The quantitative estimate of drug-likeness (QED) is 0.661. The average Bonchev–Trinajstić information content (AvgIpc) is 3.04. The van der Waals surface area contributed by atoms with Crippen LogP contribution in [0.25, 0.3) is 0 Å². The highest BCUT2D eigenvalue weighted by atomic mass is 17.1. The number of hydrogen-bond acceptors (Lipinski definition) is 5. The van der Waals surface area contributed by atoms with E-state index in [1.165, 1.54) is 64.9 Å². The summed E-state index contributed by atoms with van der Waals surface area (Å²) in [5.74, 6) is -2.76. The highest BCUT2D eigenvalue weighted by molar-refractivity contribution is 5.80. The van der Waals surface area contributed by atoms with E-state index < -0.39 is 17.7 Å². The van der Waals surface area contributed by atoms with Crippen LogP contribution in [0, 0.1) is 0 Å². The number of carbonyl (C=O) groups excluding carboxylic acids is 1. The minimum atomic E-state index is -1.31. The third-order valence-corrected chi connectivity index (χ3v) is 5.53. The second-order valence-electron chi connectivity index (χ2n) is 7.43. The second-order valence-corrected chi connectivity index (χ2v) is 7.43. The molecule has 1 atom stereocenters. The molecular formula is C19H32O5. The number of hydrogen-bond donors (Lipinski definition) is 0. The summed E-state index contributed by atoms with van der Waals surface area (Å²) in [5.41, 5.74) is 0. The highest BCUT2D eigenvalue weighted by Gasteiger charge is 2.76. The molecule has 0 amide bonds. The standard InChI is InChI=1S/C19H32O5/c1-21-17(20)19-16-14-12-10-8-6-4-2-3-5-7-9-11-13-15-18(22-16,23-19)24-19/h16H,2-15H2,1H3. The van der Waals surface area contributed by atoms with Gasteiger partial charge in [0, 0.05) is 6.42 Å². The van der Waals surface area contributed by atoms with Crippen LogP contribution in [-0.4, -0.2) is 30.9 Å². The minimum Gasteiger partial charge on any atom is -0.465 e. The summed E-state index contributed by atoms with van der Waals surface area (Å²) in [6.07, 6.45) is 16.1. The summed E-state index contributed by atoms with van der Waals surface area (Å²) >= 11 is 0. The van der Waals surface area contributed by atoms with Crippen LogP contribution in [0.2, 0.25) is 0 Å². The van der Waals surface area contributed by atoms with Gasteiger partial charge >= 0.3 is 11.8 Å². The van der Waals surface area contributed by atoms with Gasteiger partial charge in [-0.3, -0.25) is 9.47 Å². The zero-order valence-corrected chi connectivity index (χ0v) is 15.0. The third kappa shape index (κ3) is 3.78. The average molecular weight is 340 g/mol. The maximum Gasteiger partial charge on any atom is 0.369 e. The predicted molar refractivity (Wildman–Crippen MR) is 89.2 cm³/mol. The van der Waals surface area contributed by atoms with Gasteiger partial charge in [-0.2, -0.15) is 0 Å². The summed E-state index contributed by atoms with van der Waals surface area (Å²) < 4.78 is 22.7. The fourth-order valence-electron chi connectivity index (χ4n) is 4.15. The van der Waals surface area contributed by atoms with E-state index in [-0.39, 0.29) is 6.10 Å².